The van der Waals surface area contributed by atoms with Gasteiger partial charge in [-0.05, 0) is 54.2 Å². The summed E-state index contributed by atoms with van der Waals surface area (Å²) in [6, 6.07) is 17.4. The molecule has 2 fully saturated rings. The van der Waals surface area contributed by atoms with Crippen LogP contribution in [0.25, 0.3) is 17.4 Å². The van der Waals surface area contributed by atoms with E-state index >= 15 is 0 Å². The average Bonchev–Trinajstić information content (AvgIpc) is 3.49. The quantitative estimate of drug-likeness (QED) is 0.439. The largest absolute Gasteiger partial charge is 0.478 e. The van der Waals surface area contributed by atoms with Crippen LogP contribution >= 0.6 is 23.4 Å². The number of amides is 3. The van der Waals surface area contributed by atoms with Crippen molar-refractivity contribution < 1.29 is 28.7 Å². The summed E-state index contributed by atoms with van der Waals surface area (Å²) in [5.74, 6) is -1.36. The Balaban J connectivity index is 1.23. The highest BCUT2D eigenvalue weighted by molar-refractivity contribution is 8.18. The number of aromatic carboxylic acids is 1. The van der Waals surface area contributed by atoms with Crippen LogP contribution in [-0.2, 0) is 9.59 Å². The average molecular weight is 552 g/mol. The van der Waals surface area contributed by atoms with Gasteiger partial charge in [0, 0.05) is 43.5 Å². The first-order valence-corrected chi connectivity index (χ1v) is 13.0. The molecule has 0 unspecified atom stereocenters. The van der Waals surface area contributed by atoms with Crippen LogP contribution in [0.5, 0.6) is 0 Å². The molecule has 9 nitrogen and oxygen atoms in total. The highest BCUT2D eigenvalue weighted by atomic mass is 35.5. The minimum Gasteiger partial charge on any atom is -0.478 e. The summed E-state index contributed by atoms with van der Waals surface area (Å²) in [5, 5.41) is 9.01. The van der Waals surface area contributed by atoms with E-state index < -0.39 is 17.1 Å². The molecular formula is C27H22ClN3O6S. The number of rotatable bonds is 6. The molecule has 0 atom stereocenters. The molecule has 194 valence electrons. The van der Waals surface area contributed by atoms with Crippen molar-refractivity contribution in [2.24, 2.45) is 0 Å². The second kappa shape index (κ2) is 10.8. The maximum absolute atomic E-state index is 12.9. The summed E-state index contributed by atoms with van der Waals surface area (Å²) >= 11 is 6.94. The molecule has 3 aromatic rings. The fraction of sp³-hybridized carbons (Fsp3) is 0.185. The van der Waals surface area contributed by atoms with Gasteiger partial charge in [0.1, 0.15) is 18.1 Å². The lowest BCUT2D eigenvalue weighted by Crippen LogP contribution is -2.51. The number of thioether (sulfide) groups is 1. The third-order valence-electron chi connectivity index (χ3n) is 6.30. The van der Waals surface area contributed by atoms with Crippen LogP contribution in [0.3, 0.4) is 0 Å². The Morgan fingerprint density at radius 2 is 1.74 bits per heavy atom. The molecule has 38 heavy (non-hydrogen) atoms. The number of carboxylic acids is 1. The lowest BCUT2D eigenvalue weighted by atomic mass is 10.1. The lowest BCUT2D eigenvalue weighted by molar-refractivity contribution is -0.136. The van der Waals surface area contributed by atoms with Crippen molar-refractivity contribution in [2.45, 2.75) is 0 Å². The van der Waals surface area contributed by atoms with E-state index in [-0.39, 0.29) is 28.7 Å². The number of carboxylic acid groups (broad SMARTS) is 1. The maximum Gasteiger partial charge on any atom is 0.335 e. The van der Waals surface area contributed by atoms with E-state index in [9.17, 15) is 24.3 Å². The van der Waals surface area contributed by atoms with Crippen LogP contribution in [0.1, 0.15) is 16.1 Å². The summed E-state index contributed by atoms with van der Waals surface area (Å²) in [6.07, 6.45) is 1.42. The topological polar surface area (TPSA) is 111 Å². The Morgan fingerprint density at radius 3 is 2.45 bits per heavy atom. The molecule has 2 saturated heterocycles. The molecule has 2 aliphatic rings. The lowest BCUT2D eigenvalue weighted by Gasteiger charge is -2.36. The number of para-hydroxylation sites is 1. The highest BCUT2D eigenvalue weighted by Gasteiger charge is 2.37. The summed E-state index contributed by atoms with van der Waals surface area (Å²) < 4.78 is 5.76. The van der Waals surface area contributed by atoms with Gasteiger partial charge < -0.3 is 19.3 Å². The van der Waals surface area contributed by atoms with Gasteiger partial charge in [-0.1, -0.05) is 29.8 Å². The van der Waals surface area contributed by atoms with Gasteiger partial charge in [-0.3, -0.25) is 19.3 Å². The Hall–Kier alpha value is -4.02. The molecule has 0 radical (unpaired) electrons. The smallest absolute Gasteiger partial charge is 0.335 e. The number of piperazine rings is 1. The standard InChI is InChI=1S/C27H22ClN3O6S/c28-21-8-6-17(26(34)35)14-20(21)22-9-7-19(37-22)15-23-25(33)31(27(36)38-23)16-24(32)30-12-10-29(11-13-30)18-4-2-1-3-5-18/h1-9,14-15H,10-13,16H2,(H,34,35)/b23-15+. The van der Waals surface area contributed by atoms with Gasteiger partial charge >= 0.3 is 5.97 Å². The molecule has 0 saturated carbocycles. The second-order valence-electron chi connectivity index (χ2n) is 8.67. The summed E-state index contributed by atoms with van der Waals surface area (Å²) in [6.45, 7) is 2.01. The third kappa shape index (κ3) is 5.32. The third-order valence-corrected chi connectivity index (χ3v) is 7.54. The molecule has 1 aromatic heterocycles. The normalized spacial score (nSPS) is 17.0. The zero-order valence-corrected chi connectivity index (χ0v) is 21.6. The molecular weight excluding hydrogens is 530 g/mol. The Kier molecular flexibility index (Phi) is 7.26. The molecule has 1 N–H and O–H groups in total. The van der Waals surface area contributed by atoms with Crippen molar-refractivity contribution in [3.8, 4) is 11.3 Å². The van der Waals surface area contributed by atoms with E-state index in [1.807, 2.05) is 30.3 Å². The van der Waals surface area contributed by atoms with Crippen molar-refractivity contribution in [2.75, 3.05) is 37.6 Å². The molecule has 2 aromatic carbocycles. The van der Waals surface area contributed by atoms with Crippen LogP contribution in [-0.4, -0.2) is 70.7 Å². The van der Waals surface area contributed by atoms with E-state index in [1.165, 1.54) is 24.3 Å². The molecule has 0 aliphatic carbocycles. The monoisotopic (exact) mass is 551 g/mol. The van der Waals surface area contributed by atoms with Crippen molar-refractivity contribution >= 4 is 58.1 Å². The van der Waals surface area contributed by atoms with E-state index in [1.54, 1.807) is 17.0 Å². The molecule has 0 bridgehead atoms. The number of halogens is 1. The van der Waals surface area contributed by atoms with Crippen LogP contribution in [0.15, 0.2) is 70.0 Å². The second-order valence-corrected chi connectivity index (χ2v) is 10.1. The van der Waals surface area contributed by atoms with Gasteiger partial charge in [0.25, 0.3) is 11.1 Å². The van der Waals surface area contributed by atoms with Crippen LogP contribution < -0.4 is 4.90 Å². The first-order valence-electron chi connectivity index (χ1n) is 11.8. The number of carbonyl (C=O) groups excluding carboxylic acids is 3. The number of benzene rings is 2. The van der Waals surface area contributed by atoms with Gasteiger partial charge in [0.2, 0.25) is 5.91 Å². The first-order chi connectivity index (χ1) is 18.3. The van der Waals surface area contributed by atoms with E-state index in [0.717, 1.165) is 22.3 Å². The Labute approximate surface area is 227 Å². The minimum atomic E-state index is -1.10. The SMILES string of the molecule is O=C(O)c1ccc(Cl)c(-c2ccc(/C=C3/SC(=O)N(CC(=O)N4CCN(c5ccccc5)CC4)C3=O)o2)c1. The van der Waals surface area contributed by atoms with E-state index in [2.05, 4.69) is 4.90 Å². The van der Waals surface area contributed by atoms with E-state index in [4.69, 9.17) is 16.0 Å². The van der Waals surface area contributed by atoms with Crippen molar-refractivity contribution in [1.29, 1.82) is 0 Å². The van der Waals surface area contributed by atoms with Crippen LogP contribution in [0, 0.1) is 0 Å². The predicted octanol–water partition coefficient (Wildman–Crippen LogP) is 4.68. The van der Waals surface area contributed by atoms with Gasteiger partial charge in [-0.25, -0.2) is 4.79 Å². The molecule has 11 heteroatoms. The van der Waals surface area contributed by atoms with Gasteiger partial charge in [0.05, 0.1) is 15.5 Å². The van der Waals surface area contributed by atoms with Crippen molar-refractivity contribution in [3.05, 3.63) is 81.9 Å². The van der Waals surface area contributed by atoms with Gasteiger partial charge in [0.15, 0.2) is 0 Å². The maximum atomic E-state index is 12.9. The van der Waals surface area contributed by atoms with E-state index in [0.29, 0.717) is 42.5 Å². The number of carbonyl (C=O) groups is 4. The minimum absolute atomic E-state index is 0.0506. The summed E-state index contributed by atoms with van der Waals surface area (Å²) in [5.41, 5.74) is 1.53. The van der Waals surface area contributed by atoms with Crippen LogP contribution in [0.2, 0.25) is 5.02 Å². The molecule has 2 aliphatic heterocycles. The summed E-state index contributed by atoms with van der Waals surface area (Å²) in [4.78, 5) is 54.6. The van der Waals surface area contributed by atoms with Crippen molar-refractivity contribution in [1.82, 2.24) is 9.80 Å². The molecule has 5 rings (SSSR count). The fourth-order valence-corrected chi connectivity index (χ4v) is 5.30. The Morgan fingerprint density at radius 1 is 1.00 bits per heavy atom. The zero-order chi connectivity index (χ0) is 26.8. The Bertz CT molecular complexity index is 1450. The number of imide groups is 1. The number of hydrogen-bond donors (Lipinski definition) is 1. The number of nitrogens with zero attached hydrogens (tertiary/aromatic N) is 3. The number of anilines is 1. The number of furan rings is 1. The van der Waals surface area contributed by atoms with Gasteiger partial charge in [-0.2, -0.15) is 0 Å². The molecule has 0 spiro atoms. The molecule has 3 amide bonds. The predicted molar refractivity (Wildman–Crippen MR) is 144 cm³/mol. The molecule has 3 heterocycles. The van der Waals surface area contributed by atoms with Crippen molar-refractivity contribution in [3.63, 3.8) is 0 Å². The summed E-state index contributed by atoms with van der Waals surface area (Å²) in [7, 11) is 0. The zero-order valence-electron chi connectivity index (χ0n) is 20.0. The van der Waals surface area contributed by atoms with Gasteiger partial charge in [-0.15, -0.1) is 0 Å². The number of hydrogen-bond acceptors (Lipinski definition) is 7. The highest BCUT2D eigenvalue weighted by Crippen LogP contribution is 2.35. The first kappa shape index (κ1) is 25.6. The fourth-order valence-electron chi connectivity index (χ4n) is 4.28. The van der Waals surface area contributed by atoms with Crippen LogP contribution in [0.4, 0.5) is 10.5 Å².